The number of aromatic nitrogens is 2. The molecule has 2 aliphatic heterocycles. The quantitative estimate of drug-likeness (QED) is 0.0273. The summed E-state index contributed by atoms with van der Waals surface area (Å²) in [5.74, 6) is -0.153. The van der Waals surface area contributed by atoms with Crippen LogP contribution in [0.4, 0.5) is 0 Å². The minimum atomic E-state index is -3.94. The highest BCUT2D eigenvalue weighted by atomic mass is 31.2. The number of phosphoric ester groups is 1. The number of hydrogen-bond acceptors (Lipinski definition) is 9. The molecule has 10 nitrogen and oxygen atoms in total. The number of fused-ring (bicyclic) bond motifs is 5. The molecule has 1 atom stereocenters. The van der Waals surface area contributed by atoms with E-state index in [0.717, 1.165) is 55.0 Å². The Bertz CT molecular complexity index is 1980. The van der Waals surface area contributed by atoms with E-state index in [1.807, 2.05) is 25.1 Å². The predicted molar refractivity (Wildman–Crippen MR) is 265 cm³/mol. The first-order chi connectivity index (χ1) is 31.6. The smallest absolute Gasteiger partial charge is 0.460 e. The summed E-state index contributed by atoms with van der Waals surface area (Å²) in [6, 6.07) is 7.23. The predicted octanol–water partition coefficient (Wildman–Crippen LogP) is 15.3. The van der Waals surface area contributed by atoms with Crippen molar-refractivity contribution >= 4 is 24.7 Å². The fourth-order valence-electron chi connectivity index (χ4n) is 9.68. The monoisotopic (exact) mass is 921 g/mol. The lowest BCUT2D eigenvalue weighted by molar-refractivity contribution is -0.149. The van der Waals surface area contributed by atoms with E-state index in [1.165, 1.54) is 141 Å². The van der Waals surface area contributed by atoms with Gasteiger partial charge in [-0.15, -0.1) is 0 Å². The van der Waals surface area contributed by atoms with Crippen LogP contribution >= 0.6 is 7.82 Å². The standard InChI is InChI=1S/C54H85N2O8P/c1-5-8-10-12-14-16-18-20-22-24-26-28-30-32-36-62-65(60,63-37-33-31-29-27-25-23-21-19-17-15-13-11-9-6-2)64-44-34-35-49-45(38-44)43(4)46-41-56-50(52(46)55-49)39-48-47(53(56)58)42-61-51(57)40-54(48,59)7-3/h34-35,38-39,59H,5-33,36-37,40-42H2,1-4H3/t54-/m1/s1. The van der Waals surface area contributed by atoms with Crippen LogP contribution in [0, 0.1) is 6.92 Å². The molecule has 0 bridgehead atoms. The number of benzene rings is 1. The largest absolute Gasteiger partial charge is 0.530 e. The van der Waals surface area contributed by atoms with Gasteiger partial charge in [0.15, 0.2) is 0 Å². The first-order valence-corrected chi connectivity index (χ1v) is 27.8. The number of carbonyl (C=O) groups is 1. The molecule has 0 aliphatic carbocycles. The average Bonchev–Trinajstić information content (AvgIpc) is 3.61. The number of carbonyl (C=O) groups excluding carboxylic acids is 1. The maximum Gasteiger partial charge on any atom is 0.530 e. The Kier molecular flexibility index (Phi) is 23.1. The van der Waals surface area contributed by atoms with Crippen LogP contribution in [0.1, 0.15) is 236 Å². The van der Waals surface area contributed by atoms with Gasteiger partial charge in [0.05, 0.1) is 48.6 Å². The molecule has 0 saturated heterocycles. The summed E-state index contributed by atoms with van der Waals surface area (Å²) < 4.78 is 39.6. The topological polar surface area (TPSA) is 126 Å². The van der Waals surface area contributed by atoms with Gasteiger partial charge in [0.25, 0.3) is 5.56 Å². The van der Waals surface area contributed by atoms with Crippen LogP contribution in [0.15, 0.2) is 29.1 Å². The lowest BCUT2D eigenvalue weighted by Crippen LogP contribution is -2.32. The van der Waals surface area contributed by atoms with Gasteiger partial charge in [0, 0.05) is 10.9 Å². The second-order valence-corrected chi connectivity index (χ2v) is 20.8. The van der Waals surface area contributed by atoms with Gasteiger partial charge in [0.1, 0.15) is 18.0 Å². The molecule has 0 saturated carbocycles. The van der Waals surface area contributed by atoms with E-state index in [9.17, 15) is 19.3 Å². The number of hydrogen-bond donors (Lipinski definition) is 1. The molecule has 0 fully saturated rings. The van der Waals surface area contributed by atoms with Crippen molar-refractivity contribution in [2.75, 3.05) is 13.2 Å². The second-order valence-electron chi connectivity index (χ2n) is 19.2. The van der Waals surface area contributed by atoms with Crippen molar-refractivity contribution in [3.05, 3.63) is 56.9 Å². The van der Waals surface area contributed by atoms with E-state index in [0.29, 0.717) is 47.0 Å². The van der Waals surface area contributed by atoms with Crippen LogP contribution < -0.4 is 10.1 Å². The Morgan fingerprint density at radius 2 is 1.15 bits per heavy atom. The maximum absolute atomic E-state index is 14.3. The van der Waals surface area contributed by atoms with Crippen molar-refractivity contribution in [3.63, 3.8) is 0 Å². The van der Waals surface area contributed by atoms with Gasteiger partial charge < -0.3 is 18.9 Å². The molecule has 0 radical (unpaired) electrons. The van der Waals surface area contributed by atoms with Crippen molar-refractivity contribution in [3.8, 4) is 17.1 Å². The number of aryl methyl sites for hydroxylation is 1. The Morgan fingerprint density at radius 3 is 1.63 bits per heavy atom. The first kappa shape index (κ1) is 52.9. The molecule has 2 aromatic heterocycles. The number of ether oxygens (including phenoxy) is 1. The van der Waals surface area contributed by atoms with Crippen molar-refractivity contribution in [1.82, 2.24) is 9.55 Å². The highest BCUT2D eigenvalue weighted by Crippen LogP contribution is 2.51. The van der Waals surface area contributed by atoms with E-state index < -0.39 is 19.4 Å². The fraction of sp³-hybridized carbons (Fsp3) is 0.722. The molecule has 0 amide bonds. The maximum atomic E-state index is 14.3. The van der Waals surface area contributed by atoms with E-state index in [-0.39, 0.29) is 31.6 Å². The Balaban J connectivity index is 1.15. The molecule has 1 N–H and O–H groups in total. The molecule has 1 aromatic carbocycles. The second kappa shape index (κ2) is 28.3. The van der Waals surface area contributed by atoms with Gasteiger partial charge in [-0.05, 0) is 61.6 Å². The number of nitrogens with zero attached hydrogens (tertiary/aromatic N) is 2. The van der Waals surface area contributed by atoms with Crippen LogP contribution in [0.25, 0.3) is 22.3 Å². The molecular formula is C54H85N2O8P. The average molecular weight is 921 g/mol. The van der Waals surface area contributed by atoms with Crippen LogP contribution in [0.3, 0.4) is 0 Å². The number of rotatable bonds is 35. The molecular weight excluding hydrogens is 836 g/mol. The van der Waals surface area contributed by atoms with Gasteiger partial charge >= 0.3 is 13.8 Å². The van der Waals surface area contributed by atoms with E-state index >= 15 is 0 Å². The third kappa shape index (κ3) is 16.3. The number of unbranched alkanes of at least 4 members (excludes halogenated alkanes) is 26. The summed E-state index contributed by atoms with van der Waals surface area (Å²) in [7, 11) is -3.94. The zero-order valence-electron chi connectivity index (χ0n) is 41.0. The minimum Gasteiger partial charge on any atom is -0.460 e. The van der Waals surface area contributed by atoms with Crippen LogP contribution in [-0.4, -0.2) is 33.8 Å². The van der Waals surface area contributed by atoms with Gasteiger partial charge in [-0.25, -0.2) is 9.55 Å². The third-order valence-electron chi connectivity index (χ3n) is 13.9. The van der Waals surface area contributed by atoms with Crippen molar-refractivity contribution in [2.24, 2.45) is 0 Å². The highest BCUT2D eigenvalue weighted by molar-refractivity contribution is 7.48. The highest BCUT2D eigenvalue weighted by Gasteiger charge is 2.40. The first-order valence-electron chi connectivity index (χ1n) is 26.3. The summed E-state index contributed by atoms with van der Waals surface area (Å²) in [6.07, 6.45) is 35.3. The number of aliphatic hydroxyl groups is 1. The van der Waals surface area contributed by atoms with Gasteiger partial charge in [0.2, 0.25) is 0 Å². The summed E-state index contributed by atoms with van der Waals surface area (Å²) in [6.45, 7) is 9.06. The molecule has 3 aromatic rings. The zero-order valence-corrected chi connectivity index (χ0v) is 41.9. The summed E-state index contributed by atoms with van der Waals surface area (Å²) in [5.41, 5.74) is 2.70. The molecule has 11 heteroatoms. The molecule has 5 rings (SSSR count). The molecule has 65 heavy (non-hydrogen) atoms. The zero-order chi connectivity index (χ0) is 46.3. The number of phosphoric acid groups is 1. The Morgan fingerprint density at radius 1 is 0.677 bits per heavy atom. The van der Waals surface area contributed by atoms with Gasteiger partial charge in [-0.2, -0.15) is 0 Å². The normalized spacial score (nSPS) is 15.8. The summed E-state index contributed by atoms with van der Waals surface area (Å²) >= 11 is 0. The van der Waals surface area contributed by atoms with Crippen molar-refractivity contribution in [2.45, 2.75) is 239 Å². The summed E-state index contributed by atoms with van der Waals surface area (Å²) in [4.78, 5) is 31.3. The minimum absolute atomic E-state index is 0.177. The molecule has 4 heterocycles. The van der Waals surface area contributed by atoms with E-state index in [2.05, 4.69) is 13.8 Å². The van der Waals surface area contributed by atoms with E-state index in [4.69, 9.17) is 23.3 Å². The SMILES string of the molecule is CCCCCCCCCCCCCCCCOP(=O)(OCCCCCCCCCCCCCCCC)Oc1ccc2nc3c(c(C)c2c1)Cn1c-3cc2c(c1=O)COC(=O)C[C@]2(O)CC. The lowest BCUT2D eigenvalue weighted by atomic mass is 9.85. The van der Waals surface area contributed by atoms with Crippen LogP contribution in [0.5, 0.6) is 5.75 Å². The number of cyclic esters (lactones) is 1. The Hall–Kier alpha value is -3.04. The molecule has 364 valence electrons. The van der Waals surface area contributed by atoms with Crippen LogP contribution in [0.2, 0.25) is 0 Å². The summed E-state index contributed by atoms with van der Waals surface area (Å²) in [5, 5.41) is 12.4. The number of esters is 1. The van der Waals surface area contributed by atoms with Crippen molar-refractivity contribution in [1.29, 1.82) is 0 Å². The third-order valence-corrected chi connectivity index (χ3v) is 15.3. The van der Waals surface area contributed by atoms with Gasteiger partial charge in [-0.3, -0.25) is 18.6 Å². The molecule has 0 unspecified atom stereocenters. The van der Waals surface area contributed by atoms with E-state index in [1.54, 1.807) is 17.6 Å². The fourth-order valence-corrected chi connectivity index (χ4v) is 10.9. The Labute approximate surface area is 392 Å². The van der Waals surface area contributed by atoms with Crippen molar-refractivity contribution < 1.29 is 32.8 Å². The molecule has 0 spiro atoms. The van der Waals surface area contributed by atoms with Gasteiger partial charge in [-0.1, -0.05) is 188 Å². The number of pyridine rings is 2. The van der Waals surface area contributed by atoms with Crippen LogP contribution in [-0.2, 0) is 41.9 Å². The lowest BCUT2D eigenvalue weighted by Gasteiger charge is -2.26. The molecule has 2 aliphatic rings.